The second kappa shape index (κ2) is 11.3. The Kier molecular flexibility index (Phi) is 7.95. The number of carbonyl (C=O) groups excluding carboxylic acids is 2. The molecule has 198 valence electrons. The Morgan fingerprint density at radius 3 is 2.34 bits per heavy atom. The second-order valence-electron chi connectivity index (χ2n) is 9.57. The van der Waals surface area contributed by atoms with Crippen LogP contribution in [0.4, 0.5) is 5.69 Å². The number of aromatic nitrogens is 3. The summed E-state index contributed by atoms with van der Waals surface area (Å²) in [4.78, 5) is 29.7. The van der Waals surface area contributed by atoms with Crippen LogP contribution in [-0.2, 0) is 16.1 Å². The van der Waals surface area contributed by atoms with Gasteiger partial charge in [0.1, 0.15) is 29.6 Å². The van der Waals surface area contributed by atoms with E-state index >= 15 is 0 Å². The Bertz CT molecular complexity index is 1410. The van der Waals surface area contributed by atoms with Crippen molar-refractivity contribution in [2.45, 2.75) is 45.3 Å². The Labute approximate surface area is 222 Å². The summed E-state index contributed by atoms with van der Waals surface area (Å²) in [6.45, 7) is 5.77. The maximum absolute atomic E-state index is 14.2. The molecule has 0 bridgehead atoms. The summed E-state index contributed by atoms with van der Waals surface area (Å²) >= 11 is 0. The van der Waals surface area contributed by atoms with Gasteiger partial charge in [-0.25, -0.2) is 4.68 Å². The third-order valence-electron chi connectivity index (χ3n) is 6.60. The van der Waals surface area contributed by atoms with Crippen LogP contribution in [-0.4, -0.2) is 46.6 Å². The van der Waals surface area contributed by atoms with E-state index in [1.165, 1.54) is 12.0 Å². The topological polar surface area (TPSA) is 98.6 Å². The van der Waals surface area contributed by atoms with Crippen molar-refractivity contribution in [2.75, 3.05) is 19.1 Å². The Morgan fingerprint density at radius 1 is 0.974 bits per heavy atom. The van der Waals surface area contributed by atoms with Gasteiger partial charge in [0, 0.05) is 5.54 Å². The molecule has 1 aromatic heterocycles. The van der Waals surface area contributed by atoms with Crippen LogP contribution in [0.25, 0.3) is 11.0 Å². The van der Waals surface area contributed by atoms with E-state index in [0.29, 0.717) is 34.7 Å². The predicted molar refractivity (Wildman–Crippen MR) is 146 cm³/mol. The maximum Gasteiger partial charge on any atom is 0.249 e. The van der Waals surface area contributed by atoms with Crippen LogP contribution in [0.3, 0.4) is 0 Å². The maximum atomic E-state index is 14.2. The number of nitrogens with zero attached hydrogens (tertiary/aromatic N) is 4. The summed E-state index contributed by atoms with van der Waals surface area (Å²) in [5, 5.41) is 11.5. The van der Waals surface area contributed by atoms with E-state index in [4.69, 9.17) is 9.47 Å². The van der Waals surface area contributed by atoms with Gasteiger partial charge in [-0.1, -0.05) is 48.5 Å². The summed E-state index contributed by atoms with van der Waals surface area (Å²) in [5.41, 5.74) is 2.00. The first-order valence-electron chi connectivity index (χ1n) is 12.5. The molecule has 0 radical (unpaired) electrons. The average molecular weight is 516 g/mol. The van der Waals surface area contributed by atoms with Crippen LogP contribution in [0.2, 0.25) is 0 Å². The molecule has 0 aliphatic carbocycles. The van der Waals surface area contributed by atoms with E-state index < -0.39 is 11.6 Å². The van der Waals surface area contributed by atoms with Crippen LogP contribution < -0.4 is 19.7 Å². The number of nitrogens with one attached hydrogen (secondary N) is 1. The van der Waals surface area contributed by atoms with Crippen LogP contribution >= 0.6 is 0 Å². The number of amides is 2. The van der Waals surface area contributed by atoms with Gasteiger partial charge in [-0.15, -0.1) is 5.10 Å². The highest BCUT2D eigenvalue weighted by atomic mass is 16.5. The first kappa shape index (κ1) is 26.7. The molecule has 0 saturated heterocycles. The number of hydrogen-bond acceptors (Lipinski definition) is 6. The molecule has 0 fully saturated rings. The molecule has 1 atom stereocenters. The third kappa shape index (κ3) is 5.61. The number of anilines is 1. The Morgan fingerprint density at radius 2 is 1.66 bits per heavy atom. The zero-order chi connectivity index (χ0) is 27.3. The standard InChI is InChI=1S/C29H33N5O4/c1-6-29(2,3)30-28(36)27(20-15-17-21(37-4)18-16-20)34(24-13-9-10-14-25(24)38-5)26(35)19-33-23-12-8-7-11-22(23)31-32-33/h7-18,27H,6,19H2,1-5H3,(H,30,36)/t27-/m1/s1. The minimum Gasteiger partial charge on any atom is -0.497 e. The van der Waals surface area contributed by atoms with Crippen molar-refractivity contribution in [1.29, 1.82) is 0 Å². The summed E-state index contributed by atoms with van der Waals surface area (Å²) < 4.78 is 12.5. The van der Waals surface area contributed by atoms with Crippen molar-refractivity contribution in [1.82, 2.24) is 20.3 Å². The molecule has 38 heavy (non-hydrogen) atoms. The van der Waals surface area contributed by atoms with Crippen LogP contribution in [0, 0.1) is 0 Å². The molecule has 0 spiro atoms. The van der Waals surface area contributed by atoms with Crippen LogP contribution in [0.1, 0.15) is 38.8 Å². The number of rotatable bonds is 10. The minimum absolute atomic E-state index is 0.129. The lowest BCUT2D eigenvalue weighted by Gasteiger charge is -2.35. The molecule has 0 saturated carbocycles. The predicted octanol–water partition coefficient (Wildman–Crippen LogP) is 4.53. The fourth-order valence-corrected chi connectivity index (χ4v) is 4.18. The highest BCUT2D eigenvalue weighted by molar-refractivity contribution is 6.02. The van der Waals surface area contributed by atoms with Gasteiger partial charge in [0.2, 0.25) is 11.8 Å². The summed E-state index contributed by atoms with van der Waals surface area (Å²) in [7, 11) is 3.12. The quantitative estimate of drug-likeness (QED) is 0.333. The number of benzene rings is 3. The molecule has 0 aliphatic rings. The molecular weight excluding hydrogens is 482 g/mol. The Hall–Kier alpha value is -4.40. The number of fused-ring (bicyclic) bond motifs is 1. The first-order chi connectivity index (χ1) is 18.3. The van der Waals surface area contributed by atoms with E-state index in [1.54, 1.807) is 48.2 Å². The summed E-state index contributed by atoms with van der Waals surface area (Å²) in [6.07, 6.45) is 0.710. The number of hydrogen-bond donors (Lipinski definition) is 1. The third-order valence-corrected chi connectivity index (χ3v) is 6.60. The molecule has 9 heteroatoms. The van der Waals surface area contributed by atoms with Gasteiger partial charge in [-0.2, -0.15) is 0 Å². The van der Waals surface area contributed by atoms with Crippen LogP contribution in [0.15, 0.2) is 72.8 Å². The first-order valence-corrected chi connectivity index (χ1v) is 12.5. The highest BCUT2D eigenvalue weighted by Crippen LogP contribution is 2.36. The second-order valence-corrected chi connectivity index (χ2v) is 9.57. The van der Waals surface area contributed by atoms with E-state index in [-0.39, 0.29) is 18.4 Å². The van der Waals surface area contributed by atoms with Gasteiger partial charge >= 0.3 is 0 Å². The van der Waals surface area contributed by atoms with Gasteiger partial charge in [-0.05, 0) is 62.2 Å². The minimum atomic E-state index is -0.995. The monoisotopic (exact) mass is 515 g/mol. The SMILES string of the molecule is CCC(C)(C)NC(=O)[C@@H](c1ccc(OC)cc1)N(C(=O)Cn1nnc2ccccc21)c1ccccc1OC. The Balaban J connectivity index is 1.85. The summed E-state index contributed by atoms with van der Waals surface area (Å²) in [6, 6.07) is 20.7. The fraction of sp³-hybridized carbons (Fsp3) is 0.310. The smallest absolute Gasteiger partial charge is 0.249 e. The van der Waals surface area contributed by atoms with E-state index in [0.717, 1.165) is 5.52 Å². The molecule has 3 aromatic carbocycles. The number of para-hydroxylation sites is 3. The molecule has 4 aromatic rings. The van der Waals surface area contributed by atoms with Gasteiger partial charge in [0.25, 0.3) is 0 Å². The van der Waals surface area contributed by atoms with Gasteiger partial charge in [0.05, 0.1) is 25.4 Å². The molecule has 9 nitrogen and oxygen atoms in total. The van der Waals surface area contributed by atoms with Crippen LogP contribution in [0.5, 0.6) is 11.5 Å². The molecule has 0 aliphatic heterocycles. The molecule has 0 unspecified atom stereocenters. The van der Waals surface area contributed by atoms with Crippen molar-refractivity contribution in [2.24, 2.45) is 0 Å². The molecule has 2 amide bonds. The number of methoxy groups -OCH3 is 2. The summed E-state index contributed by atoms with van der Waals surface area (Å²) in [5.74, 6) is 0.441. The molecule has 1 N–H and O–H groups in total. The molecule has 4 rings (SSSR count). The largest absolute Gasteiger partial charge is 0.497 e. The van der Waals surface area contributed by atoms with E-state index in [9.17, 15) is 9.59 Å². The lowest BCUT2D eigenvalue weighted by Crippen LogP contribution is -2.51. The lowest BCUT2D eigenvalue weighted by molar-refractivity contribution is -0.128. The zero-order valence-corrected chi connectivity index (χ0v) is 22.3. The van der Waals surface area contributed by atoms with Crippen molar-refractivity contribution < 1.29 is 19.1 Å². The van der Waals surface area contributed by atoms with Crippen molar-refractivity contribution >= 4 is 28.5 Å². The number of carbonyl (C=O) groups is 2. The van der Waals surface area contributed by atoms with E-state index in [2.05, 4.69) is 15.6 Å². The highest BCUT2D eigenvalue weighted by Gasteiger charge is 2.36. The van der Waals surface area contributed by atoms with E-state index in [1.807, 2.05) is 57.2 Å². The van der Waals surface area contributed by atoms with Gasteiger partial charge < -0.3 is 14.8 Å². The molecule has 1 heterocycles. The molecular formula is C29H33N5O4. The zero-order valence-electron chi connectivity index (χ0n) is 22.3. The van der Waals surface area contributed by atoms with Crippen molar-refractivity contribution in [3.8, 4) is 11.5 Å². The number of ether oxygens (including phenoxy) is 2. The lowest BCUT2D eigenvalue weighted by atomic mass is 9.98. The van der Waals surface area contributed by atoms with Crippen molar-refractivity contribution in [3.63, 3.8) is 0 Å². The van der Waals surface area contributed by atoms with Crippen molar-refractivity contribution in [3.05, 3.63) is 78.4 Å². The normalized spacial score (nSPS) is 12.1. The average Bonchev–Trinajstić information content (AvgIpc) is 3.34. The fourth-order valence-electron chi connectivity index (χ4n) is 4.18. The van der Waals surface area contributed by atoms with Gasteiger partial charge in [-0.3, -0.25) is 14.5 Å². The van der Waals surface area contributed by atoms with Gasteiger partial charge in [0.15, 0.2) is 0 Å².